The number of amides is 3. The van der Waals surface area contributed by atoms with Crippen LogP contribution in [-0.4, -0.2) is 54.6 Å². The number of nitrogens with one attached hydrogen (secondary N) is 2. The topological polar surface area (TPSA) is 87.7 Å². The minimum absolute atomic E-state index is 0.0416. The molecule has 160 valence electrons. The molecule has 1 aliphatic rings. The molecule has 0 spiro atoms. The maximum Gasteiger partial charge on any atom is 0.409 e. The van der Waals surface area contributed by atoms with Gasteiger partial charge in [0.2, 0.25) is 5.91 Å². The number of hydrogen-bond acceptors (Lipinski definition) is 5. The maximum atomic E-state index is 13.0. The zero-order valence-electron chi connectivity index (χ0n) is 17.0. The third-order valence-corrected chi connectivity index (χ3v) is 5.89. The van der Waals surface area contributed by atoms with Crippen LogP contribution < -0.4 is 10.6 Å². The van der Waals surface area contributed by atoms with Crippen molar-refractivity contribution in [2.75, 3.05) is 19.7 Å². The molecule has 30 heavy (non-hydrogen) atoms. The number of benzene rings is 1. The van der Waals surface area contributed by atoms with Crippen LogP contribution in [0.3, 0.4) is 0 Å². The van der Waals surface area contributed by atoms with E-state index in [-0.39, 0.29) is 23.9 Å². The molecule has 0 bridgehead atoms. The van der Waals surface area contributed by atoms with Gasteiger partial charge in [-0.15, -0.1) is 11.3 Å². The molecule has 8 heteroatoms. The standard InChI is InChI=1S/C22H27N3O4S/c1-2-29-22(28)25-12-10-17(11-13-25)23-20(26)18(15-16-7-4-3-5-8-16)24-21(27)19-9-6-14-30-19/h3-9,14,17-18H,2,10-13,15H2,1H3,(H,23,26)(H,24,27). The van der Waals surface area contributed by atoms with Crippen LogP contribution in [-0.2, 0) is 16.0 Å². The Morgan fingerprint density at radius 3 is 2.50 bits per heavy atom. The molecule has 1 aromatic heterocycles. The van der Waals surface area contributed by atoms with E-state index in [0.29, 0.717) is 43.8 Å². The largest absolute Gasteiger partial charge is 0.450 e. The van der Waals surface area contributed by atoms with Crippen LogP contribution in [0.15, 0.2) is 47.8 Å². The third kappa shape index (κ3) is 6.06. The minimum Gasteiger partial charge on any atom is -0.450 e. The van der Waals surface area contributed by atoms with Crippen molar-refractivity contribution in [3.05, 3.63) is 58.3 Å². The van der Waals surface area contributed by atoms with E-state index in [0.717, 1.165) is 5.56 Å². The molecular weight excluding hydrogens is 402 g/mol. The first-order valence-electron chi connectivity index (χ1n) is 10.2. The Bertz CT molecular complexity index is 833. The fourth-order valence-corrected chi connectivity index (χ4v) is 4.05. The summed E-state index contributed by atoms with van der Waals surface area (Å²) >= 11 is 1.34. The van der Waals surface area contributed by atoms with Gasteiger partial charge in [0.15, 0.2) is 0 Å². The maximum absolute atomic E-state index is 13.0. The molecule has 0 aliphatic carbocycles. The van der Waals surface area contributed by atoms with Gasteiger partial charge in [-0.2, -0.15) is 0 Å². The van der Waals surface area contributed by atoms with Crippen molar-refractivity contribution in [2.45, 2.75) is 38.3 Å². The van der Waals surface area contributed by atoms with E-state index in [1.165, 1.54) is 11.3 Å². The lowest BCUT2D eigenvalue weighted by Crippen LogP contribution is -2.53. The molecule has 0 saturated carbocycles. The monoisotopic (exact) mass is 429 g/mol. The summed E-state index contributed by atoms with van der Waals surface area (Å²) in [5.41, 5.74) is 0.973. The molecular formula is C22H27N3O4S. The third-order valence-electron chi connectivity index (χ3n) is 5.02. The Hall–Kier alpha value is -2.87. The van der Waals surface area contributed by atoms with Gasteiger partial charge >= 0.3 is 6.09 Å². The highest BCUT2D eigenvalue weighted by Crippen LogP contribution is 2.13. The number of ether oxygens (including phenoxy) is 1. The molecule has 1 atom stereocenters. The first-order valence-corrected chi connectivity index (χ1v) is 11.0. The van der Waals surface area contributed by atoms with Crippen LogP contribution in [0.2, 0.25) is 0 Å². The lowest BCUT2D eigenvalue weighted by Gasteiger charge is -2.32. The Morgan fingerprint density at radius 1 is 1.13 bits per heavy atom. The fraction of sp³-hybridized carbons (Fsp3) is 0.409. The van der Waals surface area contributed by atoms with Crippen molar-refractivity contribution in [1.29, 1.82) is 0 Å². The minimum atomic E-state index is -0.676. The molecule has 2 N–H and O–H groups in total. The SMILES string of the molecule is CCOC(=O)N1CCC(NC(=O)C(Cc2ccccc2)NC(=O)c2cccs2)CC1. The number of hydrogen-bond donors (Lipinski definition) is 2. The average Bonchev–Trinajstić information content (AvgIpc) is 3.30. The second-order valence-electron chi connectivity index (χ2n) is 7.16. The zero-order valence-corrected chi connectivity index (χ0v) is 17.8. The molecule has 1 aliphatic heterocycles. The first kappa shape index (κ1) is 21.8. The van der Waals surface area contributed by atoms with E-state index >= 15 is 0 Å². The molecule has 7 nitrogen and oxygen atoms in total. The van der Waals surface area contributed by atoms with E-state index in [9.17, 15) is 14.4 Å². The molecule has 1 fully saturated rings. The summed E-state index contributed by atoms with van der Waals surface area (Å²) in [6, 6.07) is 12.5. The van der Waals surface area contributed by atoms with Crippen molar-refractivity contribution in [3.63, 3.8) is 0 Å². The number of nitrogens with zero attached hydrogens (tertiary/aromatic N) is 1. The number of carbonyl (C=O) groups is 3. The Morgan fingerprint density at radius 2 is 1.87 bits per heavy atom. The second kappa shape index (κ2) is 10.8. The van der Waals surface area contributed by atoms with E-state index in [1.807, 2.05) is 41.8 Å². The Balaban J connectivity index is 1.60. The quantitative estimate of drug-likeness (QED) is 0.709. The van der Waals surface area contributed by atoms with Crippen molar-refractivity contribution >= 4 is 29.2 Å². The molecule has 2 aromatic rings. The number of rotatable bonds is 7. The van der Waals surface area contributed by atoms with Crippen molar-refractivity contribution < 1.29 is 19.1 Å². The van der Waals surface area contributed by atoms with Crippen LogP contribution in [0, 0.1) is 0 Å². The molecule has 3 amide bonds. The van der Waals surface area contributed by atoms with Crippen LogP contribution in [0.4, 0.5) is 4.79 Å². The van der Waals surface area contributed by atoms with Crippen molar-refractivity contribution in [1.82, 2.24) is 15.5 Å². The number of likely N-dealkylation sites (tertiary alicyclic amines) is 1. The summed E-state index contributed by atoms with van der Waals surface area (Å²) in [5, 5.41) is 7.76. The zero-order chi connectivity index (χ0) is 21.3. The van der Waals surface area contributed by atoms with Gasteiger partial charge in [-0.1, -0.05) is 36.4 Å². The lowest BCUT2D eigenvalue weighted by molar-refractivity contribution is -0.123. The summed E-state index contributed by atoms with van der Waals surface area (Å²) in [7, 11) is 0. The van der Waals surface area contributed by atoms with Gasteiger partial charge in [0.25, 0.3) is 5.91 Å². The van der Waals surface area contributed by atoms with E-state index in [1.54, 1.807) is 17.9 Å². The normalized spacial score (nSPS) is 15.3. The highest BCUT2D eigenvalue weighted by Gasteiger charge is 2.28. The average molecular weight is 430 g/mol. The van der Waals surface area contributed by atoms with E-state index in [4.69, 9.17) is 4.74 Å². The second-order valence-corrected chi connectivity index (χ2v) is 8.11. The smallest absolute Gasteiger partial charge is 0.409 e. The van der Waals surface area contributed by atoms with Gasteiger partial charge in [-0.3, -0.25) is 9.59 Å². The van der Waals surface area contributed by atoms with E-state index < -0.39 is 6.04 Å². The molecule has 1 saturated heterocycles. The summed E-state index contributed by atoms with van der Waals surface area (Å²) in [6.07, 6.45) is 1.40. The molecule has 1 unspecified atom stereocenters. The van der Waals surface area contributed by atoms with Gasteiger partial charge < -0.3 is 20.3 Å². The van der Waals surface area contributed by atoms with E-state index in [2.05, 4.69) is 10.6 Å². The van der Waals surface area contributed by atoms with Crippen molar-refractivity contribution in [2.24, 2.45) is 0 Å². The predicted molar refractivity (Wildman–Crippen MR) is 115 cm³/mol. The fourth-order valence-electron chi connectivity index (χ4n) is 3.42. The first-order chi connectivity index (χ1) is 14.6. The Kier molecular flexibility index (Phi) is 7.84. The van der Waals surface area contributed by atoms with Crippen LogP contribution in [0.25, 0.3) is 0 Å². The predicted octanol–water partition coefficient (Wildman–Crippen LogP) is 2.83. The van der Waals surface area contributed by atoms with Crippen LogP contribution in [0.1, 0.15) is 35.0 Å². The summed E-state index contributed by atoms with van der Waals surface area (Å²) < 4.78 is 5.03. The van der Waals surface area contributed by atoms with Gasteiger partial charge in [0, 0.05) is 25.6 Å². The highest BCUT2D eigenvalue weighted by molar-refractivity contribution is 7.12. The van der Waals surface area contributed by atoms with Crippen LogP contribution >= 0.6 is 11.3 Å². The van der Waals surface area contributed by atoms with Crippen molar-refractivity contribution in [3.8, 4) is 0 Å². The molecule has 2 heterocycles. The van der Waals surface area contributed by atoms with Gasteiger partial charge in [0.05, 0.1) is 11.5 Å². The van der Waals surface area contributed by atoms with Crippen LogP contribution in [0.5, 0.6) is 0 Å². The molecule has 3 rings (SSSR count). The lowest BCUT2D eigenvalue weighted by atomic mass is 10.0. The van der Waals surface area contributed by atoms with Gasteiger partial charge in [0.1, 0.15) is 6.04 Å². The Labute approximate surface area is 180 Å². The summed E-state index contributed by atoms with van der Waals surface area (Å²) in [5.74, 6) is -0.462. The number of piperidine rings is 1. The summed E-state index contributed by atoms with van der Waals surface area (Å²) in [4.78, 5) is 39.6. The van der Waals surface area contributed by atoms with Gasteiger partial charge in [-0.05, 0) is 36.8 Å². The molecule has 1 aromatic carbocycles. The summed E-state index contributed by atoms with van der Waals surface area (Å²) in [6.45, 7) is 3.20. The number of thiophene rings is 1. The number of carbonyl (C=O) groups excluding carboxylic acids is 3. The molecule has 0 radical (unpaired) electrons. The highest BCUT2D eigenvalue weighted by atomic mass is 32.1. The van der Waals surface area contributed by atoms with Gasteiger partial charge in [-0.25, -0.2) is 4.79 Å².